The average molecular weight is 336 g/mol. The first-order valence-electron chi connectivity index (χ1n) is 7.59. The van der Waals surface area contributed by atoms with Crippen molar-refractivity contribution in [1.82, 2.24) is 0 Å². The second-order valence-electron chi connectivity index (χ2n) is 5.27. The maximum Gasteiger partial charge on any atom is 0.342 e. The number of methoxy groups -OCH3 is 2. The molecular formula is C20H16O5. The Labute approximate surface area is 144 Å². The first kappa shape index (κ1) is 16.5. The number of furan rings is 1. The number of ketones is 1. The zero-order valence-corrected chi connectivity index (χ0v) is 13.8. The summed E-state index contributed by atoms with van der Waals surface area (Å²) in [5.74, 6) is 0.00432. The first-order chi connectivity index (χ1) is 12.2. The first-order valence-corrected chi connectivity index (χ1v) is 7.59. The van der Waals surface area contributed by atoms with Crippen LogP contribution >= 0.6 is 0 Å². The number of hydrogen-bond donors (Lipinski definition) is 0. The van der Waals surface area contributed by atoms with Crippen LogP contribution in [0.5, 0.6) is 5.75 Å². The summed E-state index contributed by atoms with van der Waals surface area (Å²) in [6.07, 6.45) is 1.29. The van der Waals surface area contributed by atoms with Crippen LogP contribution < -0.4 is 4.74 Å². The third-order valence-corrected chi connectivity index (χ3v) is 3.81. The zero-order valence-electron chi connectivity index (χ0n) is 13.8. The minimum Gasteiger partial charge on any atom is -0.497 e. The van der Waals surface area contributed by atoms with Crippen molar-refractivity contribution in [2.24, 2.45) is 0 Å². The molecule has 0 amide bonds. The van der Waals surface area contributed by atoms with Gasteiger partial charge in [-0.1, -0.05) is 30.3 Å². The largest absolute Gasteiger partial charge is 0.497 e. The Bertz CT molecular complexity index is 892. The molecule has 0 aliphatic heterocycles. The van der Waals surface area contributed by atoms with Crippen molar-refractivity contribution in [2.45, 2.75) is 0 Å². The van der Waals surface area contributed by atoms with E-state index in [0.29, 0.717) is 22.6 Å². The average Bonchev–Trinajstić information content (AvgIpc) is 3.12. The highest BCUT2D eigenvalue weighted by Gasteiger charge is 2.27. The molecule has 126 valence electrons. The van der Waals surface area contributed by atoms with Gasteiger partial charge in [0.25, 0.3) is 0 Å². The number of rotatable bonds is 5. The lowest BCUT2D eigenvalue weighted by molar-refractivity contribution is 0.0598. The molecule has 3 aromatic rings. The third-order valence-electron chi connectivity index (χ3n) is 3.81. The zero-order chi connectivity index (χ0) is 17.8. The molecule has 0 aliphatic rings. The minimum atomic E-state index is -0.621. The summed E-state index contributed by atoms with van der Waals surface area (Å²) in [5.41, 5.74) is 1.40. The molecule has 0 bridgehead atoms. The fourth-order valence-corrected chi connectivity index (χ4v) is 2.53. The van der Waals surface area contributed by atoms with Crippen LogP contribution in [0.4, 0.5) is 0 Å². The van der Waals surface area contributed by atoms with Gasteiger partial charge in [0.15, 0.2) is 5.78 Å². The van der Waals surface area contributed by atoms with E-state index in [-0.39, 0.29) is 16.9 Å². The highest BCUT2D eigenvalue weighted by atomic mass is 16.5. The molecule has 0 unspecified atom stereocenters. The number of benzene rings is 2. The van der Waals surface area contributed by atoms with Crippen LogP contribution in [-0.2, 0) is 4.74 Å². The standard InChI is InChI=1S/C20H16O5/c1-23-15-10-8-13(9-11-15)18(21)16-12-25-19(17(16)20(22)24-2)14-6-4-3-5-7-14/h3-12H,1-2H3. The van der Waals surface area contributed by atoms with E-state index in [2.05, 4.69) is 0 Å². The Balaban J connectivity index is 2.08. The van der Waals surface area contributed by atoms with Crippen molar-refractivity contribution in [3.8, 4) is 17.1 Å². The molecule has 1 aromatic heterocycles. The van der Waals surface area contributed by atoms with Crippen LogP contribution in [0.3, 0.4) is 0 Å². The van der Waals surface area contributed by atoms with Gasteiger partial charge < -0.3 is 13.9 Å². The maximum absolute atomic E-state index is 12.8. The summed E-state index contributed by atoms with van der Waals surface area (Å²) in [4.78, 5) is 25.1. The lowest BCUT2D eigenvalue weighted by Gasteiger charge is -2.05. The van der Waals surface area contributed by atoms with Gasteiger partial charge in [0, 0.05) is 11.1 Å². The molecule has 2 aromatic carbocycles. The predicted molar refractivity (Wildman–Crippen MR) is 91.9 cm³/mol. The van der Waals surface area contributed by atoms with Crippen LogP contribution in [0.25, 0.3) is 11.3 Å². The van der Waals surface area contributed by atoms with Crippen molar-refractivity contribution >= 4 is 11.8 Å². The van der Waals surface area contributed by atoms with Gasteiger partial charge in [0.1, 0.15) is 23.3 Å². The molecule has 0 spiro atoms. The van der Waals surface area contributed by atoms with Crippen molar-refractivity contribution in [3.05, 3.63) is 77.6 Å². The quantitative estimate of drug-likeness (QED) is 0.521. The van der Waals surface area contributed by atoms with Crippen LogP contribution in [-0.4, -0.2) is 26.0 Å². The minimum absolute atomic E-state index is 0.120. The SMILES string of the molecule is COC(=O)c1c(C(=O)c2ccc(OC)cc2)coc1-c1ccccc1. The van der Waals surface area contributed by atoms with E-state index in [1.54, 1.807) is 43.5 Å². The summed E-state index contributed by atoms with van der Waals surface area (Å²) in [7, 11) is 2.82. The van der Waals surface area contributed by atoms with E-state index < -0.39 is 5.97 Å². The summed E-state index contributed by atoms with van der Waals surface area (Å²) in [6.45, 7) is 0. The molecule has 3 rings (SSSR count). The Kier molecular flexibility index (Phi) is 4.66. The third kappa shape index (κ3) is 3.17. The monoisotopic (exact) mass is 336 g/mol. The van der Waals surface area contributed by atoms with E-state index in [4.69, 9.17) is 13.9 Å². The molecule has 0 saturated carbocycles. The van der Waals surface area contributed by atoms with Crippen LogP contribution in [0.15, 0.2) is 65.3 Å². The molecule has 0 saturated heterocycles. The number of esters is 1. The van der Waals surface area contributed by atoms with Gasteiger partial charge in [-0.2, -0.15) is 0 Å². The van der Waals surface area contributed by atoms with Gasteiger partial charge in [-0.25, -0.2) is 4.79 Å². The molecule has 25 heavy (non-hydrogen) atoms. The Hall–Kier alpha value is -3.34. The van der Waals surface area contributed by atoms with Crippen LogP contribution in [0, 0.1) is 0 Å². The lowest BCUT2D eigenvalue weighted by Crippen LogP contribution is -2.10. The van der Waals surface area contributed by atoms with E-state index in [9.17, 15) is 9.59 Å². The molecule has 0 fully saturated rings. The van der Waals surface area contributed by atoms with Crippen LogP contribution in [0.2, 0.25) is 0 Å². The van der Waals surface area contributed by atoms with Gasteiger partial charge in [-0.05, 0) is 24.3 Å². The topological polar surface area (TPSA) is 65.7 Å². The van der Waals surface area contributed by atoms with Crippen molar-refractivity contribution in [1.29, 1.82) is 0 Å². The van der Waals surface area contributed by atoms with E-state index in [0.717, 1.165) is 0 Å². The van der Waals surface area contributed by atoms with E-state index in [1.165, 1.54) is 13.4 Å². The highest BCUT2D eigenvalue weighted by molar-refractivity contribution is 6.16. The summed E-state index contributed by atoms with van der Waals surface area (Å²) in [5, 5.41) is 0. The lowest BCUT2D eigenvalue weighted by atomic mass is 9.99. The molecule has 5 nitrogen and oxygen atoms in total. The normalized spacial score (nSPS) is 10.3. The Morgan fingerprint density at radius 3 is 2.20 bits per heavy atom. The highest BCUT2D eigenvalue weighted by Crippen LogP contribution is 2.30. The molecule has 1 heterocycles. The number of ether oxygens (including phenoxy) is 2. The second-order valence-corrected chi connectivity index (χ2v) is 5.27. The molecular weight excluding hydrogens is 320 g/mol. The predicted octanol–water partition coefficient (Wildman–Crippen LogP) is 3.97. The fourth-order valence-electron chi connectivity index (χ4n) is 2.53. The Morgan fingerprint density at radius 2 is 1.60 bits per heavy atom. The van der Waals surface area contributed by atoms with E-state index in [1.807, 2.05) is 18.2 Å². The molecule has 0 aliphatic carbocycles. The Morgan fingerprint density at radius 1 is 0.920 bits per heavy atom. The number of carbonyl (C=O) groups excluding carboxylic acids is 2. The van der Waals surface area contributed by atoms with Crippen LogP contribution in [0.1, 0.15) is 26.3 Å². The van der Waals surface area contributed by atoms with Gasteiger partial charge in [0.2, 0.25) is 0 Å². The van der Waals surface area contributed by atoms with Crippen molar-refractivity contribution < 1.29 is 23.5 Å². The fraction of sp³-hybridized carbons (Fsp3) is 0.100. The second kappa shape index (κ2) is 7.05. The smallest absolute Gasteiger partial charge is 0.342 e. The molecule has 5 heteroatoms. The summed E-state index contributed by atoms with van der Waals surface area (Å²) >= 11 is 0. The van der Waals surface area contributed by atoms with E-state index >= 15 is 0 Å². The summed E-state index contributed by atoms with van der Waals surface area (Å²) < 4.78 is 15.5. The summed E-state index contributed by atoms with van der Waals surface area (Å²) in [6, 6.07) is 15.7. The molecule has 0 N–H and O–H groups in total. The van der Waals surface area contributed by atoms with Gasteiger partial charge in [0.05, 0.1) is 19.8 Å². The van der Waals surface area contributed by atoms with Gasteiger partial charge >= 0.3 is 5.97 Å². The molecule has 0 atom stereocenters. The van der Waals surface area contributed by atoms with Crippen molar-refractivity contribution in [2.75, 3.05) is 14.2 Å². The maximum atomic E-state index is 12.8. The number of carbonyl (C=O) groups is 2. The number of hydrogen-bond acceptors (Lipinski definition) is 5. The van der Waals surface area contributed by atoms with Crippen molar-refractivity contribution in [3.63, 3.8) is 0 Å². The van der Waals surface area contributed by atoms with Gasteiger partial charge in [-0.15, -0.1) is 0 Å². The van der Waals surface area contributed by atoms with Gasteiger partial charge in [-0.3, -0.25) is 4.79 Å². The molecule has 0 radical (unpaired) electrons.